The van der Waals surface area contributed by atoms with E-state index in [0.29, 0.717) is 11.4 Å². The molecule has 20 heavy (non-hydrogen) atoms. The van der Waals surface area contributed by atoms with Gasteiger partial charge in [-0.25, -0.2) is 14.3 Å². The zero-order valence-electron chi connectivity index (χ0n) is 10.9. The van der Waals surface area contributed by atoms with E-state index in [1.54, 1.807) is 6.92 Å². The smallest absolute Gasteiger partial charge is 0.341 e. The number of rotatable bonds is 4. The van der Waals surface area contributed by atoms with Crippen molar-refractivity contribution in [2.24, 2.45) is 0 Å². The Bertz CT molecular complexity index is 771. The van der Waals surface area contributed by atoms with Crippen LogP contribution in [0.5, 0.6) is 0 Å². The highest BCUT2D eigenvalue weighted by Crippen LogP contribution is 2.14. The number of aliphatic carboxylic acids is 1. The summed E-state index contributed by atoms with van der Waals surface area (Å²) in [5.74, 6) is -2.19. The first-order chi connectivity index (χ1) is 9.32. The van der Waals surface area contributed by atoms with E-state index in [1.807, 2.05) is 0 Å². The molecular formula is C12H13N3O5. The summed E-state index contributed by atoms with van der Waals surface area (Å²) in [6.45, 7) is 3.09. The number of hydrogen-bond acceptors (Lipinski definition) is 4. The largest absolute Gasteiger partial charge is 0.481 e. The number of carbonyl (C=O) groups is 2. The molecule has 0 aliphatic rings. The molecule has 8 nitrogen and oxygen atoms in total. The molecule has 0 unspecified atom stereocenters. The number of nitrogens with one attached hydrogen (secondary N) is 1. The van der Waals surface area contributed by atoms with Crippen LogP contribution in [0.25, 0.3) is 5.65 Å². The first-order valence-corrected chi connectivity index (χ1v) is 5.88. The molecule has 2 aromatic rings. The molecule has 0 fully saturated rings. The Kier molecular flexibility index (Phi) is 3.31. The first kappa shape index (κ1) is 13.8. The number of carboxylic acid groups (broad SMARTS) is 2. The number of nitrogens with zero attached hydrogens (tertiary/aromatic N) is 2. The van der Waals surface area contributed by atoms with E-state index in [1.165, 1.54) is 6.92 Å². The lowest BCUT2D eigenvalue weighted by Crippen LogP contribution is -2.23. The highest BCUT2D eigenvalue weighted by Gasteiger charge is 2.20. The molecule has 0 atom stereocenters. The van der Waals surface area contributed by atoms with Gasteiger partial charge in [-0.2, -0.15) is 0 Å². The van der Waals surface area contributed by atoms with Gasteiger partial charge in [-0.05, 0) is 20.3 Å². The third-order valence-corrected chi connectivity index (χ3v) is 3.06. The van der Waals surface area contributed by atoms with Gasteiger partial charge >= 0.3 is 11.9 Å². The van der Waals surface area contributed by atoms with Gasteiger partial charge in [-0.15, -0.1) is 0 Å². The van der Waals surface area contributed by atoms with E-state index in [4.69, 9.17) is 10.2 Å². The zero-order chi connectivity index (χ0) is 15.0. The van der Waals surface area contributed by atoms with Crippen molar-refractivity contribution in [3.63, 3.8) is 0 Å². The fourth-order valence-corrected chi connectivity index (χ4v) is 2.10. The molecule has 106 valence electrons. The number of aromatic carboxylic acids is 1. The third-order valence-electron chi connectivity index (χ3n) is 3.06. The summed E-state index contributed by atoms with van der Waals surface area (Å²) in [7, 11) is 0. The fourth-order valence-electron chi connectivity index (χ4n) is 2.10. The van der Waals surface area contributed by atoms with Crippen molar-refractivity contribution in [2.75, 3.05) is 0 Å². The summed E-state index contributed by atoms with van der Waals surface area (Å²) in [6.07, 6.45) is -0.133. The summed E-state index contributed by atoms with van der Waals surface area (Å²) in [4.78, 5) is 38.1. The normalized spacial score (nSPS) is 10.9. The number of aromatic amines is 1. The molecule has 0 spiro atoms. The van der Waals surface area contributed by atoms with Crippen molar-refractivity contribution in [2.45, 2.75) is 26.7 Å². The van der Waals surface area contributed by atoms with Gasteiger partial charge in [-0.1, -0.05) is 0 Å². The number of carboxylic acids is 2. The second-order valence-corrected chi connectivity index (χ2v) is 4.45. The summed E-state index contributed by atoms with van der Waals surface area (Å²) in [5, 5.41) is 20.4. The lowest BCUT2D eigenvalue weighted by Gasteiger charge is -2.04. The molecule has 2 heterocycles. The van der Waals surface area contributed by atoms with E-state index in [9.17, 15) is 14.4 Å². The molecule has 2 aromatic heterocycles. The van der Waals surface area contributed by atoms with Crippen LogP contribution < -0.4 is 5.56 Å². The summed E-state index contributed by atoms with van der Waals surface area (Å²) < 4.78 is 1.04. The van der Waals surface area contributed by atoms with Crippen LogP contribution in [0.2, 0.25) is 0 Å². The van der Waals surface area contributed by atoms with Crippen LogP contribution in [0.3, 0.4) is 0 Å². The number of hydrogen-bond donors (Lipinski definition) is 3. The fraction of sp³-hybridized carbons (Fsp3) is 0.333. The minimum Gasteiger partial charge on any atom is -0.481 e. The summed E-state index contributed by atoms with van der Waals surface area (Å²) >= 11 is 0. The van der Waals surface area contributed by atoms with Gasteiger partial charge < -0.3 is 10.2 Å². The van der Waals surface area contributed by atoms with Crippen LogP contribution >= 0.6 is 0 Å². The molecule has 0 saturated heterocycles. The van der Waals surface area contributed by atoms with Crippen molar-refractivity contribution < 1.29 is 19.8 Å². The van der Waals surface area contributed by atoms with E-state index < -0.39 is 17.5 Å². The van der Waals surface area contributed by atoms with Crippen LogP contribution in [0.4, 0.5) is 0 Å². The molecule has 0 aliphatic carbocycles. The Hall–Kier alpha value is -2.64. The molecule has 3 N–H and O–H groups in total. The van der Waals surface area contributed by atoms with E-state index in [2.05, 4.69) is 10.1 Å². The highest BCUT2D eigenvalue weighted by molar-refractivity contribution is 5.95. The Labute approximate surface area is 112 Å². The molecule has 0 saturated carbocycles. The lowest BCUT2D eigenvalue weighted by molar-refractivity contribution is -0.136. The summed E-state index contributed by atoms with van der Waals surface area (Å²) in [6, 6.07) is 0. The van der Waals surface area contributed by atoms with Crippen molar-refractivity contribution in [3.05, 3.63) is 32.9 Å². The van der Waals surface area contributed by atoms with E-state index in [0.717, 1.165) is 4.52 Å². The molecule has 8 heteroatoms. The molecule has 0 radical (unpaired) electrons. The van der Waals surface area contributed by atoms with Crippen LogP contribution in [-0.4, -0.2) is 36.7 Å². The van der Waals surface area contributed by atoms with Crippen molar-refractivity contribution in [3.8, 4) is 0 Å². The second-order valence-electron chi connectivity index (χ2n) is 4.45. The Morgan fingerprint density at radius 2 is 1.95 bits per heavy atom. The first-order valence-electron chi connectivity index (χ1n) is 5.88. The quantitative estimate of drug-likeness (QED) is 0.741. The van der Waals surface area contributed by atoms with Crippen LogP contribution in [0, 0.1) is 13.8 Å². The van der Waals surface area contributed by atoms with Crippen molar-refractivity contribution >= 4 is 17.6 Å². The molecule has 0 bridgehead atoms. The molecule has 2 rings (SSSR count). The van der Waals surface area contributed by atoms with Gasteiger partial charge in [0.2, 0.25) is 0 Å². The maximum absolute atomic E-state index is 12.3. The standard InChI is InChI=1S/C12H13N3O5/c1-5-7(3-4-8(16)17)11(18)15-10(13-5)9(12(19)20)6(2)14-15/h14H,3-4H2,1-2H3,(H,16,17)(H,19,20). The van der Waals surface area contributed by atoms with E-state index in [-0.39, 0.29) is 29.6 Å². The average Bonchev–Trinajstić information content (AvgIpc) is 2.65. The van der Waals surface area contributed by atoms with Gasteiger partial charge in [0.15, 0.2) is 5.65 Å². The predicted molar refractivity (Wildman–Crippen MR) is 68.2 cm³/mol. The third kappa shape index (κ3) is 2.15. The van der Waals surface area contributed by atoms with Gasteiger partial charge in [-0.3, -0.25) is 14.7 Å². The maximum atomic E-state index is 12.3. The lowest BCUT2D eigenvalue weighted by atomic mass is 10.1. The predicted octanol–water partition coefficient (Wildman–Crippen LogP) is 0.355. The van der Waals surface area contributed by atoms with Gasteiger partial charge in [0, 0.05) is 23.4 Å². The van der Waals surface area contributed by atoms with Crippen molar-refractivity contribution in [1.29, 1.82) is 0 Å². The molecular weight excluding hydrogens is 266 g/mol. The Morgan fingerprint density at radius 3 is 2.50 bits per heavy atom. The minimum absolute atomic E-state index is 0.0385. The number of H-pyrrole nitrogens is 1. The minimum atomic E-state index is -1.18. The number of fused-ring (bicyclic) bond motifs is 1. The summed E-state index contributed by atoms with van der Waals surface area (Å²) in [5.41, 5.74) is 0.439. The SMILES string of the molecule is Cc1nc2c(C(=O)O)c(C)[nH]n2c(=O)c1CCC(=O)O. The van der Waals surface area contributed by atoms with E-state index >= 15 is 0 Å². The van der Waals surface area contributed by atoms with Crippen LogP contribution in [0.1, 0.15) is 33.7 Å². The molecule has 0 amide bonds. The maximum Gasteiger partial charge on any atom is 0.341 e. The zero-order valence-corrected chi connectivity index (χ0v) is 10.9. The molecule has 0 aliphatic heterocycles. The van der Waals surface area contributed by atoms with Crippen LogP contribution in [0.15, 0.2) is 4.79 Å². The topological polar surface area (TPSA) is 125 Å². The van der Waals surface area contributed by atoms with Crippen molar-refractivity contribution in [1.82, 2.24) is 14.6 Å². The Morgan fingerprint density at radius 1 is 1.30 bits per heavy atom. The monoisotopic (exact) mass is 279 g/mol. The average molecular weight is 279 g/mol. The number of aryl methyl sites for hydroxylation is 2. The van der Waals surface area contributed by atoms with Gasteiger partial charge in [0.05, 0.1) is 0 Å². The second kappa shape index (κ2) is 4.80. The molecule has 0 aromatic carbocycles. The van der Waals surface area contributed by atoms with Gasteiger partial charge in [0.1, 0.15) is 5.56 Å². The van der Waals surface area contributed by atoms with Gasteiger partial charge in [0.25, 0.3) is 5.56 Å². The number of aromatic nitrogens is 3. The Balaban J connectivity index is 2.68. The highest BCUT2D eigenvalue weighted by atomic mass is 16.4. The van der Waals surface area contributed by atoms with Crippen LogP contribution in [-0.2, 0) is 11.2 Å².